The molecule has 0 unspecified atom stereocenters. The number of amides is 1. The van der Waals surface area contributed by atoms with Gasteiger partial charge in [-0.1, -0.05) is 11.6 Å². The number of rotatable bonds is 3. The van der Waals surface area contributed by atoms with Crippen molar-refractivity contribution < 1.29 is 19.1 Å². The molecule has 0 spiro atoms. The standard InChI is InChI=1S/C15H9ClN2O4S/c16-10-3-1-7(5-9(10)14(20)21)11-4-2-8(22-11)6-12-13(19)18-15(17)23-12/h1-6H,(H,20,21)(H2,17,18,19)/b12-6+. The maximum Gasteiger partial charge on any atom is 0.337 e. The van der Waals surface area contributed by atoms with Crippen molar-refractivity contribution in [2.45, 2.75) is 0 Å². The lowest BCUT2D eigenvalue weighted by molar-refractivity contribution is -0.115. The number of halogens is 1. The first-order valence-corrected chi connectivity index (χ1v) is 7.56. The molecule has 23 heavy (non-hydrogen) atoms. The van der Waals surface area contributed by atoms with E-state index < -0.39 is 5.97 Å². The fourth-order valence-corrected chi connectivity index (χ4v) is 2.88. The van der Waals surface area contributed by atoms with E-state index in [0.29, 0.717) is 22.0 Å². The molecule has 1 fully saturated rings. The van der Waals surface area contributed by atoms with Gasteiger partial charge in [0.15, 0.2) is 5.17 Å². The number of nitrogens with one attached hydrogen (secondary N) is 2. The van der Waals surface area contributed by atoms with Gasteiger partial charge in [0.05, 0.1) is 15.5 Å². The molecule has 6 nitrogen and oxygen atoms in total. The van der Waals surface area contributed by atoms with Crippen molar-refractivity contribution >= 4 is 46.5 Å². The Kier molecular flexibility index (Phi) is 3.97. The van der Waals surface area contributed by atoms with Crippen molar-refractivity contribution in [3.63, 3.8) is 0 Å². The SMILES string of the molecule is N=C1NC(=O)/C(=C\c2ccc(-c3ccc(Cl)c(C(=O)O)c3)o2)S1. The lowest BCUT2D eigenvalue weighted by Crippen LogP contribution is -2.18. The van der Waals surface area contributed by atoms with Crippen LogP contribution in [-0.4, -0.2) is 22.2 Å². The highest BCUT2D eigenvalue weighted by molar-refractivity contribution is 8.18. The normalized spacial score (nSPS) is 16.0. The van der Waals surface area contributed by atoms with Crippen LogP contribution >= 0.6 is 23.4 Å². The third-order valence-corrected chi connectivity index (χ3v) is 4.20. The smallest absolute Gasteiger partial charge is 0.337 e. The first-order chi connectivity index (χ1) is 10.9. The third kappa shape index (κ3) is 3.15. The summed E-state index contributed by atoms with van der Waals surface area (Å²) in [5, 5.41) is 19.1. The predicted octanol–water partition coefficient (Wildman–Crippen LogP) is 3.44. The molecular formula is C15H9ClN2O4S. The van der Waals surface area contributed by atoms with Gasteiger partial charge in [0.1, 0.15) is 11.5 Å². The molecule has 8 heteroatoms. The van der Waals surface area contributed by atoms with Crippen LogP contribution in [0.5, 0.6) is 0 Å². The molecule has 116 valence electrons. The summed E-state index contributed by atoms with van der Waals surface area (Å²) in [5.74, 6) is -0.588. The van der Waals surface area contributed by atoms with Crippen LogP contribution in [0.3, 0.4) is 0 Å². The fourth-order valence-electron chi connectivity index (χ4n) is 2.00. The number of hydrogen-bond donors (Lipinski definition) is 3. The van der Waals surface area contributed by atoms with Gasteiger partial charge in [-0.05, 0) is 42.1 Å². The Bertz CT molecular complexity index is 872. The molecule has 0 aliphatic carbocycles. The Labute approximate surface area is 139 Å². The molecule has 1 saturated heterocycles. The third-order valence-electron chi connectivity index (χ3n) is 3.04. The number of hydrogen-bond acceptors (Lipinski definition) is 5. The maximum atomic E-state index is 11.6. The molecule has 1 aliphatic heterocycles. The molecule has 1 amide bonds. The van der Waals surface area contributed by atoms with Gasteiger partial charge in [-0.25, -0.2) is 4.79 Å². The second kappa shape index (κ2) is 5.94. The van der Waals surface area contributed by atoms with Gasteiger partial charge in [-0.2, -0.15) is 0 Å². The number of carboxylic acids is 1. The van der Waals surface area contributed by atoms with Crippen LogP contribution < -0.4 is 5.32 Å². The molecule has 1 aromatic carbocycles. The molecular weight excluding hydrogens is 340 g/mol. The van der Waals surface area contributed by atoms with Gasteiger partial charge >= 0.3 is 5.97 Å². The molecule has 0 bridgehead atoms. The van der Waals surface area contributed by atoms with Crippen molar-refractivity contribution in [1.82, 2.24) is 5.32 Å². The van der Waals surface area contributed by atoms with Crippen molar-refractivity contribution in [3.8, 4) is 11.3 Å². The van der Waals surface area contributed by atoms with Crippen LogP contribution in [0, 0.1) is 5.41 Å². The summed E-state index contributed by atoms with van der Waals surface area (Å²) in [7, 11) is 0. The van der Waals surface area contributed by atoms with E-state index >= 15 is 0 Å². The number of furan rings is 1. The summed E-state index contributed by atoms with van der Waals surface area (Å²) < 4.78 is 5.61. The van der Waals surface area contributed by atoms with E-state index in [9.17, 15) is 9.59 Å². The molecule has 3 rings (SSSR count). The topological polar surface area (TPSA) is 103 Å². The van der Waals surface area contributed by atoms with Crippen molar-refractivity contribution in [2.24, 2.45) is 0 Å². The van der Waals surface area contributed by atoms with Crippen LogP contribution in [-0.2, 0) is 4.79 Å². The van der Waals surface area contributed by atoms with Crippen LogP contribution in [0.15, 0.2) is 39.7 Å². The number of carboxylic acid groups (broad SMARTS) is 1. The second-order valence-corrected chi connectivity index (χ2v) is 6.06. The summed E-state index contributed by atoms with van der Waals surface area (Å²) >= 11 is 6.85. The minimum absolute atomic E-state index is 0.0142. The number of carbonyl (C=O) groups is 2. The largest absolute Gasteiger partial charge is 0.478 e. The minimum Gasteiger partial charge on any atom is -0.478 e. The van der Waals surface area contributed by atoms with Gasteiger partial charge < -0.3 is 14.8 Å². The number of carbonyl (C=O) groups excluding carboxylic acids is 1. The Morgan fingerprint density at radius 2 is 2.13 bits per heavy atom. The average Bonchev–Trinajstić information content (AvgIpc) is 3.06. The van der Waals surface area contributed by atoms with Crippen LogP contribution in [0.4, 0.5) is 0 Å². The summed E-state index contributed by atoms with van der Waals surface area (Å²) in [6.07, 6.45) is 1.53. The first kappa shape index (κ1) is 15.4. The number of thioether (sulfide) groups is 1. The maximum absolute atomic E-state index is 11.6. The van der Waals surface area contributed by atoms with E-state index in [4.69, 9.17) is 26.5 Å². The molecule has 0 atom stereocenters. The van der Waals surface area contributed by atoms with Crippen molar-refractivity contribution in [3.05, 3.63) is 51.6 Å². The lowest BCUT2D eigenvalue weighted by Gasteiger charge is -2.02. The molecule has 3 N–H and O–H groups in total. The quantitative estimate of drug-likeness (QED) is 0.737. The Morgan fingerprint density at radius 3 is 2.78 bits per heavy atom. The van der Waals surface area contributed by atoms with Gasteiger partial charge in [0.25, 0.3) is 5.91 Å². The van der Waals surface area contributed by atoms with E-state index in [1.165, 1.54) is 18.2 Å². The molecule has 2 heterocycles. The van der Waals surface area contributed by atoms with Crippen LogP contribution in [0.2, 0.25) is 5.02 Å². The second-order valence-electron chi connectivity index (χ2n) is 4.60. The fraction of sp³-hybridized carbons (Fsp3) is 0. The Morgan fingerprint density at radius 1 is 1.35 bits per heavy atom. The average molecular weight is 349 g/mol. The predicted molar refractivity (Wildman–Crippen MR) is 87.6 cm³/mol. The van der Waals surface area contributed by atoms with E-state index in [-0.39, 0.29) is 21.7 Å². The zero-order valence-electron chi connectivity index (χ0n) is 11.4. The number of aromatic carboxylic acids is 1. The van der Waals surface area contributed by atoms with Gasteiger partial charge in [-0.15, -0.1) is 0 Å². The van der Waals surface area contributed by atoms with E-state index in [1.54, 1.807) is 18.2 Å². The highest BCUT2D eigenvalue weighted by Crippen LogP contribution is 2.30. The molecule has 0 radical (unpaired) electrons. The monoisotopic (exact) mass is 348 g/mol. The number of benzene rings is 1. The zero-order valence-corrected chi connectivity index (χ0v) is 13.0. The summed E-state index contributed by atoms with van der Waals surface area (Å²) in [6, 6.07) is 7.89. The number of amidine groups is 1. The Balaban J connectivity index is 1.92. The van der Waals surface area contributed by atoms with E-state index in [0.717, 1.165) is 11.8 Å². The Hall–Kier alpha value is -2.51. The molecule has 1 aromatic heterocycles. The van der Waals surface area contributed by atoms with Gasteiger partial charge in [-0.3, -0.25) is 10.2 Å². The summed E-state index contributed by atoms with van der Waals surface area (Å²) in [6.45, 7) is 0. The minimum atomic E-state index is -1.12. The van der Waals surface area contributed by atoms with E-state index in [2.05, 4.69) is 5.32 Å². The van der Waals surface area contributed by atoms with Crippen LogP contribution in [0.1, 0.15) is 16.1 Å². The van der Waals surface area contributed by atoms with Gasteiger partial charge in [0.2, 0.25) is 0 Å². The molecule has 1 aliphatic rings. The molecule has 0 saturated carbocycles. The lowest BCUT2D eigenvalue weighted by atomic mass is 10.1. The highest BCUT2D eigenvalue weighted by Gasteiger charge is 2.22. The van der Waals surface area contributed by atoms with E-state index in [1.807, 2.05) is 0 Å². The zero-order chi connectivity index (χ0) is 16.6. The summed E-state index contributed by atoms with van der Waals surface area (Å²) in [4.78, 5) is 23.0. The first-order valence-electron chi connectivity index (χ1n) is 6.36. The van der Waals surface area contributed by atoms with Crippen molar-refractivity contribution in [1.29, 1.82) is 5.41 Å². The van der Waals surface area contributed by atoms with Crippen molar-refractivity contribution in [2.75, 3.05) is 0 Å². The molecule has 2 aromatic rings. The summed E-state index contributed by atoms with van der Waals surface area (Å²) in [5.41, 5.74) is 0.548. The van der Waals surface area contributed by atoms with Gasteiger partial charge in [0, 0.05) is 11.6 Å². The highest BCUT2D eigenvalue weighted by atomic mass is 35.5. The van der Waals surface area contributed by atoms with Crippen LogP contribution in [0.25, 0.3) is 17.4 Å².